The van der Waals surface area contributed by atoms with Crippen LogP contribution in [0, 0.1) is 0 Å². The van der Waals surface area contributed by atoms with E-state index in [-0.39, 0.29) is 12.1 Å². The van der Waals surface area contributed by atoms with Gasteiger partial charge in [-0.1, -0.05) is 12.1 Å². The normalized spacial score (nSPS) is 16.8. The molecule has 2 aliphatic rings. The van der Waals surface area contributed by atoms with E-state index in [1.807, 2.05) is 31.2 Å². The predicted octanol–water partition coefficient (Wildman–Crippen LogP) is 3.54. The summed E-state index contributed by atoms with van der Waals surface area (Å²) in [6.07, 6.45) is 6.40. The van der Waals surface area contributed by atoms with Crippen LogP contribution in [-0.2, 0) is 12.8 Å². The van der Waals surface area contributed by atoms with Gasteiger partial charge in [-0.2, -0.15) is 5.10 Å². The standard InChI is InChI=1S/C22H29N5O2/c1-2-29-20-10-6-5-9-19(20)24-22(28)23-17-11-13-27(14-12-17)21-15-16-7-3-4-8-18(16)25-26-21/h5-6,9-10,15,17H,2-4,7-8,11-14H2,1H3,(H2,23,24,28). The van der Waals surface area contributed by atoms with Gasteiger partial charge >= 0.3 is 6.03 Å². The van der Waals surface area contributed by atoms with Crippen molar-refractivity contribution in [1.82, 2.24) is 15.5 Å². The second kappa shape index (κ2) is 9.11. The van der Waals surface area contributed by atoms with Crippen molar-refractivity contribution in [2.45, 2.75) is 51.5 Å². The molecule has 2 amide bonds. The highest BCUT2D eigenvalue weighted by Crippen LogP contribution is 2.25. The predicted molar refractivity (Wildman–Crippen MR) is 114 cm³/mol. The summed E-state index contributed by atoms with van der Waals surface area (Å²) in [5.41, 5.74) is 3.21. The number of carbonyl (C=O) groups is 1. The van der Waals surface area contributed by atoms with E-state index < -0.39 is 0 Å². The molecule has 0 spiro atoms. The van der Waals surface area contributed by atoms with Gasteiger partial charge in [0.2, 0.25) is 0 Å². The summed E-state index contributed by atoms with van der Waals surface area (Å²) < 4.78 is 5.57. The molecule has 1 aromatic carbocycles. The molecule has 0 radical (unpaired) electrons. The number of aryl methyl sites for hydroxylation is 2. The minimum atomic E-state index is -0.191. The molecular weight excluding hydrogens is 366 g/mol. The van der Waals surface area contributed by atoms with Gasteiger partial charge in [0.25, 0.3) is 0 Å². The molecule has 1 aliphatic carbocycles. The van der Waals surface area contributed by atoms with Gasteiger partial charge < -0.3 is 20.3 Å². The van der Waals surface area contributed by atoms with Crippen LogP contribution in [0.25, 0.3) is 0 Å². The van der Waals surface area contributed by atoms with Crippen molar-refractivity contribution in [3.63, 3.8) is 0 Å². The lowest BCUT2D eigenvalue weighted by molar-refractivity contribution is 0.245. The average molecular weight is 396 g/mol. The number of carbonyl (C=O) groups excluding carboxylic acids is 1. The number of hydrogen-bond donors (Lipinski definition) is 2. The minimum absolute atomic E-state index is 0.149. The Morgan fingerprint density at radius 2 is 1.97 bits per heavy atom. The van der Waals surface area contributed by atoms with Crippen LogP contribution < -0.4 is 20.3 Å². The molecule has 1 saturated heterocycles. The first-order chi connectivity index (χ1) is 14.2. The molecule has 0 saturated carbocycles. The first kappa shape index (κ1) is 19.5. The third-order valence-electron chi connectivity index (χ3n) is 5.65. The number of benzene rings is 1. The van der Waals surface area contributed by atoms with E-state index in [1.54, 1.807) is 0 Å². The third-order valence-corrected chi connectivity index (χ3v) is 5.65. The number of nitrogens with one attached hydrogen (secondary N) is 2. The highest BCUT2D eigenvalue weighted by molar-refractivity contribution is 5.91. The van der Waals surface area contributed by atoms with Crippen molar-refractivity contribution < 1.29 is 9.53 Å². The molecule has 4 rings (SSSR count). The van der Waals surface area contributed by atoms with Gasteiger partial charge in [0.05, 0.1) is 18.0 Å². The van der Waals surface area contributed by atoms with Crippen LogP contribution in [0.2, 0.25) is 0 Å². The number of amides is 2. The minimum Gasteiger partial charge on any atom is -0.492 e. The molecule has 1 fully saturated rings. The Balaban J connectivity index is 1.29. The van der Waals surface area contributed by atoms with Crippen molar-refractivity contribution in [3.8, 4) is 5.75 Å². The summed E-state index contributed by atoms with van der Waals surface area (Å²) in [6, 6.07) is 9.66. The highest BCUT2D eigenvalue weighted by Gasteiger charge is 2.23. The third kappa shape index (κ3) is 4.78. The Morgan fingerprint density at radius 1 is 1.17 bits per heavy atom. The lowest BCUT2D eigenvalue weighted by Gasteiger charge is -2.33. The Labute approximate surface area is 171 Å². The number of para-hydroxylation sites is 2. The van der Waals surface area contributed by atoms with Crippen LogP contribution in [0.15, 0.2) is 30.3 Å². The number of hydrogen-bond acceptors (Lipinski definition) is 5. The van der Waals surface area contributed by atoms with Crippen LogP contribution in [0.3, 0.4) is 0 Å². The number of rotatable bonds is 5. The Morgan fingerprint density at radius 3 is 2.79 bits per heavy atom. The first-order valence-corrected chi connectivity index (χ1v) is 10.6. The molecule has 2 heterocycles. The number of nitrogens with zero attached hydrogens (tertiary/aromatic N) is 3. The summed E-state index contributed by atoms with van der Waals surface area (Å²) in [7, 11) is 0. The van der Waals surface area contributed by atoms with E-state index in [1.165, 1.54) is 24.1 Å². The van der Waals surface area contributed by atoms with Crippen LogP contribution >= 0.6 is 0 Å². The maximum Gasteiger partial charge on any atom is 0.319 e. The molecule has 7 nitrogen and oxygen atoms in total. The summed E-state index contributed by atoms with van der Waals surface area (Å²) in [6.45, 7) is 4.23. The zero-order valence-corrected chi connectivity index (χ0v) is 17.0. The van der Waals surface area contributed by atoms with Gasteiger partial charge in [-0.15, -0.1) is 5.10 Å². The van der Waals surface area contributed by atoms with Gasteiger partial charge in [-0.3, -0.25) is 0 Å². The summed E-state index contributed by atoms with van der Waals surface area (Å²) in [4.78, 5) is 14.7. The largest absolute Gasteiger partial charge is 0.492 e. The smallest absolute Gasteiger partial charge is 0.319 e. The molecular formula is C22H29N5O2. The zero-order valence-electron chi connectivity index (χ0n) is 17.0. The van der Waals surface area contributed by atoms with Crippen LogP contribution in [0.4, 0.5) is 16.3 Å². The highest BCUT2D eigenvalue weighted by atomic mass is 16.5. The average Bonchev–Trinajstić information content (AvgIpc) is 2.75. The number of fused-ring (bicyclic) bond motifs is 1. The number of ether oxygens (including phenoxy) is 1. The van der Waals surface area contributed by atoms with Crippen molar-refractivity contribution in [2.75, 3.05) is 29.9 Å². The number of piperidine rings is 1. The van der Waals surface area contributed by atoms with E-state index in [2.05, 4.69) is 31.8 Å². The summed E-state index contributed by atoms with van der Waals surface area (Å²) in [5, 5.41) is 14.9. The maximum absolute atomic E-state index is 12.4. The van der Waals surface area contributed by atoms with E-state index in [0.717, 1.165) is 44.6 Å². The Bertz CT molecular complexity index is 849. The second-order valence-electron chi connectivity index (χ2n) is 7.67. The van der Waals surface area contributed by atoms with Crippen molar-refractivity contribution in [2.24, 2.45) is 0 Å². The molecule has 7 heteroatoms. The van der Waals surface area contributed by atoms with Crippen molar-refractivity contribution in [1.29, 1.82) is 0 Å². The van der Waals surface area contributed by atoms with E-state index >= 15 is 0 Å². The van der Waals surface area contributed by atoms with Gasteiger partial charge in [-0.05, 0) is 69.2 Å². The number of urea groups is 1. The summed E-state index contributed by atoms with van der Waals surface area (Å²) >= 11 is 0. The fourth-order valence-corrected chi connectivity index (χ4v) is 4.08. The molecule has 154 valence electrons. The topological polar surface area (TPSA) is 79.4 Å². The van der Waals surface area contributed by atoms with Gasteiger partial charge in [0, 0.05) is 19.1 Å². The lowest BCUT2D eigenvalue weighted by Crippen LogP contribution is -2.46. The van der Waals surface area contributed by atoms with Crippen LogP contribution in [0.5, 0.6) is 5.75 Å². The Kier molecular flexibility index (Phi) is 6.12. The van der Waals surface area contributed by atoms with Crippen molar-refractivity contribution >= 4 is 17.5 Å². The Hall–Kier alpha value is -2.83. The van der Waals surface area contributed by atoms with Gasteiger partial charge in [0.15, 0.2) is 5.82 Å². The van der Waals surface area contributed by atoms with Gasteiger partial charge in [0.1, 0.15) is 5.75 Å². The number of aromatic nitrogens is 2. The van der Waals surface area contributed by atoms with Crippen molar-refractivity contribution in [3.05, 3.63) is 41.6 Å². The van der Waals surface area contributed by atoms with E-state index in [4.69, 9.17) is 4.74 Å². The maximum atomic E-state index is 12.4. The molecule has 1 aromatic heterocycles. The monoisotopic (exact) mass is 395 g/mol. The summed E-state index contributed by atoms with van der Waals surface area (Å²) in [5.74, 6) is 1.66. The molecule has 29 heavy (non-hydrogen) atoms. The van der Waals surface area contributed by atoms with Crippen LogP contribution in [-0.4, -0.2) is 42.0 Å². The first-order valence-electron chi connectivity index (χ1n) is 10.6. The zero-order chi connectivity index (χ0) is 20.1. The molecule has 1 aliphatic heterocycles. The molecule has 2 aromatic rings. The number of anilines is 2. The quantitative estimate of drug-likeness (QED) is 0.809. The molecule has 2 N–H and O–H groups in total. The van der Waals surface area contributed by atoms with E-state index in [0.29, 0.717) is 18.0 Å². The molecule has 0 atom stereocenters. The molecule has 0 unspecified atom stereocenters. The lowest BCUT2D eigenvalue weighted by atomic mass is 9.96. The second-order valence-corrected chi connectivity index (χ2v) is 7.67. The fraction of sp³-hybridized carbons (Fsp3) is 0.500. The van der Waals surface area contributed by atoms with E-state index in [9.17, 15) is 4.79 Å². The fourth-order valence-electron chi connectivity index (χ4n) is 4.08. The SMILES string of the molecule is CCOc1ccccc1NC(=O)NC1CCN(c2cc3c(nn2)CCCC3)CC1. The molecule has 0 bridgehead atoms. The van der Waals surface area contributed by atoms with Gasteiger partial charge in [-0.25, -0.2) is 4.79 Å². The van der Waals surface area contributed by atoms with Crippen LogP contribution in [0.1, 0.15) is 43.9 Å².